The van der Waals surface area contributed by atoms with E-state index in [0.29, 0.717) is 0 Å². The topological polar surface area (TPSA) is 161 Å². The van der Waals surface area contributed by atoms with Crippen molar-refractivity contribution in [2.75, 3.05) is 0 Å². The van der Waals surface area contributed by atoms with E-state index in [1.807, 2.05) is 0 Å². The van der Waals surface area contributed by atoms with Crippen LogP contribution in [0.4, 0.5) is 0 Å². The van der Waals surface area contributed by atoms with Gasteiger partial charge in [-0.3, -0.25) is 4.79 Å². The molecule has 19 heavy (non-hydrogen) atoms. The number of carbonyl (C=O) groups excluding carboxylic acids is 1. The Morgan fingerprint density at radius 3 is 1.63 bits per heavy atom. The van der Waals surface area contributed by atoms with E-state index in [1.165, 1.54) is 6.92 Å². The van der Waals surface area contributed by atoms with Gasteiger partial charge in [0.05, 0.1) is 6.10 Å². The first-order valence-corrected chi connectivity index (χ1v) is 5.72. The first kappa shape index (κ1) is 20.3. The van der Waals surface area contributed by atoms with Gasteiger partial charge in [0, 0.05) is 0 Å². The lowest BCUT2D eigenvalue weighted by atomic mass is 10.1. The third-order valence-electron chi connectivity index (χ3n) is 2.34. The van der Waals surface area contributed by atoms with Crippen molar-refractivity contribution in [1.29, 1.82) is 0 Å². The molecule has 0 bridgehead atoms. The number of carboxylic acids is 1. The van der Waals surface area contributed by atoms with Crippen molar-refractivity contribution in [3.05, 3.63) is 0 Å². The van der Waals surface area contributed by atoms with Crippen LogP contribution in [0.1, 0.15) is 20.8 Å². The predicted octanol–water partition coefficient (Wildman–Crippen LogP) is -2.30. The van der Waals surface area contributed by atoms with Crippen molar-refractivity contribution in [2.24, 2.45) is 11.7 Å². The first-order chi connectivity index (χ1) is 8.56. The summed E-state index contributed by atoms with van der Waals surface area (Å²) < 4.78 is 0. The molecule has 0 aliphatic heterocycles. The molecule has 114 valence electrons. The molecule has 8 nitrogen and oxygen atoms in total. The molecule has 0 aromatic rings. The molecule has 0 aromatic heterocycles. The molecule has 0 heterocycles. The van der Waals surface area contributed by atoms with Crippen LogP contribution in [0, 0.1) is 5.92 Å². The zero-order valence-corrected chi connectivity index (χ0v) is 11.2. The fourth-order valence-corrected chi connectivity index (χ4v) is 0.853. The summed E-state index contributed by atoms with van der Waals surface area (Å²) in [6.07, 6.45) is -5.88. The van der Waals surface area contributed by atoms with Crippen LogP contribution in [0.5, 0.6) is 0 Å². The number of aldehydes is 1. The van der Waals surface area contributed by atoms with Crippen LogP contribution >= 0.6 is 0 Å². The second-order valence-corrected chi connectivity index (χ2v) is 4.46. The third-order valence-corrected chi connectivity index (χ3v) is 2.34. The lowest BCUT2D eigenvalue weighted by Crippen LogP contribution is -2.43. The second kappa shape index (κ2) is 9.82. The molecule has 0 aromatic carbocycles. The highest BCUT2D eigenvalue weighted by Gasteiger charge is 2.27. The number of nitrogens with two attached hydrogens (primary N) is 1. The molecular formula is C11H23NO7. The molecule has 0 aliphatic carbocycles. The summed E-state index contributed by atoms with van der Waals surface area (Å²) in [6.45, 7) is 4.79. The maximum absolute atomic E-state index is 10.0. The van der Waals surface area contributed by atoms with Gasteiger partial charge < -0.3 is 36.1 Å². The van der Waals surface area contributed by atoms with Crippen LogP contribution in [0.3, 0.4) is 0 Å². The summed E-state index contributed by atoms with van der Waals surface area (Å²) in [4.78, 5) is 19.9. The highest BCUT2D eigenvalue weighted by molar-refractivity contribution is 5.73. The number of hydrogen-bond donors (Lipinski definition) is 6. The minimum atomic E-state index is -1.65. The lowest BCUT2D eigenvalue weighted by molar-refractivity contribution is -0.139. The molecule has 5 atom stereocenters. The summed E-state index contributed by atoms with van der Waals surface area (Å²) in [5.41, 5.74) is 5.16. The van der Waals surface area contributed by atoms with Gasteiger partial charge in [-0.1, -0.05) is 13.8 Å². The molecule has 0 saturated heterocycles. The van der Waals surface area contributed by atoms with E-state index in [0.717, 1.165) is 0 Å². The highest BCUT2D eigenvalue weighted by Crippen LogP contribution is 2.02. The van der Waals surface area contributed by atoms with Crippen molar-refractivity contribution in [2.45, 2.75) is 51.2 Å². The standard InChI is InChI=1S/C6H12O5.C5H11NO2/c1-3(8)5(10)6(11)4(9)2-7;1-3(2)4(6)5(7)8/h2-6,8-11H,1H3;3-4H,6H2,1-2H3,(H,7,8)/t3-,4-,5-,6-;4-/m00/s1. The Kier molecular flexibility index (Phi) is 10.5. The number of aliphatic hydroxyl groups is 4. The van der Waals surface area contributed by atoms with Crippen molar-refractivity contribution in [3.63, 3.8) is 0 Å². The van der Waals surface area contributed by atoms with Crippen LogP contribution in [0.2, 0.25) is 0 Å². The first-order valence-electron chi connectivity index (χ1n) is 5.72. The normalized spacial score (nSPS) is 18.6. The number of carbonyl (C=O) groups is 2. The van der Waals surface area contributed by atoms with E-state index in [-0.39, 0.29) is 12.2 Å². The summed E-state index contributed by atoms with van der Waals surface area (Å²) in [7, 11) is 0. The van der Waals surface area contributed by atoms with Gasteiger partial charge in [0.2, 0.25) is 0 Å². The van der Waals surface area contributed by atoms with Gasteiger partial charge in [0.25, 0.3) is 0 Å². The van der Waals surface area contributed by atoms with Gasteiger partial charge >= 0.3 is 5.97 Å². The van der Waals surface area contributed by atoms with Crippen molar-refractivity contribution in [3.8, 4) is 0 Å². The molecule has 0 spiro atoms. The number of carboxylic acid groups (broad SMARTS) is 1. The summed E-state index contributed by atoms with van der Waals surface area (Å²) in [5.74, 6) is -0.910. The van der Waals surface area contributed by atoms with Crippen LogP contribution in [-0.2, 0) is 9.59 Å². The smallest absolute Gasteiger partial charge is 0.320 e. The van der Waals surface area contributed by atoms with Gasteiger partial charge in [0.15, 0.2) is 6.29 Å². The average Bonchev–Trinajstić information content (AvgIpc) is 2.35. The maximum atomic E-state index is 10.0. The number of hydrogen-bond acceptors (Lipinski definition) is 7. The Balaban J connectivity index is 0. The summed E-state index contributed by atoms with van der Waals surface area (Å²) in [5, 5.41) is 43.3. The molecule has 0 saturated carbocycles. The van der Waals surface area contributed by atoms with Gasteiger partial charge in [0.1, 0.15) is 24.4 Å². The molecular weight excluding hydrogens is 258 g/mol. The Hall–Kier alpha value is -1.06. The van der Waals surface area contributed by atoms with E-state index in [4.69, 9.17) is 31.3 Å². The Morgan fingerprint density at radius 1 is 1.05 bits per heavy atom. The van der Waals surface area contributed by atoms with Gasteiger partial charge in [-0.15, -0.1) is 0 Å². The van der Waals surface area contributed by atoms with E-state index in [1.54, 1.807) is 13.8 Å². The summed E-state index contributed by atoms with van der Waals surface area (Å²) >= 11 is 0. The highest BCUT2D eigenvalue weighted by atomic mass is 16.4. The molecule has 7 N–H and O–H groups in total. The second-order valence-electron chi connectivity index (χ2n) is 4.46. The van der Waals surface area contributed by atoms with E-state index in [2.05, 4.69) is 0 Å². The van der Waals surface area contributed by atoms with Crippen LogP contribution in [-0.4, -0.2) is 68.2 Å². The average molecular weight is 281 g/mol. The van der Waals surface area contributed by atoms with Crippen LogP contribution in [0.15, 0.2) is 0 Å². The van der Waals surface area contributed by atoms with Crippen LogP contribution < -0.4 is 5.73 Å². The van der Waals surface area contributed by atoms with E-state index < -0.39 is 36.4 Å². The SMILES string of the molecule is CC(C)[C@H](N)C(=O)O.C[C@H](O)[C@H](O)[C@@H](O)[C@@H](O)C=O. The van der Waals surface area contributed by atoms with E-state index in [9.17, 15) is 9.59 Å². The fraction of sp³-hybridized carbons (Fsp3) is 0.818. The van der Waals surface area contributed by atoms with E-state index >= 15 is 0 Å². The Morgan fingerprint density at radius 2 is 1.47 bits per heavy atom. The minimum absolute atomic E-state index is 0.0208. The predicted molar refractivity (Wildman–Crippen MR) is 66.2 cm³/mol. The molecule has 0 radical (unpaired) electrons. The van der Waals surface area contributed by atoms with Crippen molar-refractivity contribution >= 4 is 12.3 Å². The quantitative estimate of drug-likeness (QED) is 0.296. The minimum Gasteiger partial charge on any atom is -0.480 e. The zero-order valence-electron chi connectivity index (χ0n) is 11.2. The Bertz CT molecular complexity index is 270. The van der Waals surface area contributed by atoms with Crippen molar-refractivity contribution < 1.29 is 35.1 Å². The maximum Gasteiger partial charge on any atom is 0.320 e. The molecule has 0 unspecified atom stereocenters. The lowest BCUT2D eigenvalue weighted by Gasteiger charge is -2.21. The molecule has 0 amide bonds. The molecule has 0 fully saturated rings. The van der Waals surface area contributed by atoms with Crippen molar-refractivity contribution in [1.82, 2.24) is 0 Å². The van der Waals surface area contributed by atoms with Gasteiger partial charge in [-0.05, 0) is 12.8 Å². The molecule has 8 heteroatoms. The monoisotopic (exact) mass is 281 g/mol. The molecule has 0 aliphatic rings. The number of aliphatic hydroxyl groups excluding tert-OH is 4. The summed E-state index contributed by atoms with van der Waals surface area (Å²) in [6, 6.07) is -0.713. The third kappa shape index (κ3) is 8.62. The number of aliphatic carboxylic acids is 1. The van der Waals surface area contributed by atoms with Gasteiger partial charge in [-0.2, -0.15) is 0 Å². The largest absolute Gasteiger partial charge is 0.480 e. The number of rotatable bonds is 6. The zero-order chi connectivity index (χ0) is 15.7. The molecule has 0 rings (SSSR count). The van der Waals surface area contributed by atoms with Crippen LogP contribution in [0.25, 0.3) is 0 Å². The van der Waals surface area contributed by atoms with Gasteiger partial charge in [-0.25, -0.2) is 0 Å². The Labute approximate surface area is 111 Å². The fourth-order valence-electron chi connectivity index (χ4n) is 0.853.